The van der Waals surface area contributed by atoms with Gasteiger partial charge in [-0.05, 0) is 30.5 Å². The average Bonchev–Trinajstić information content (AvgIpc) is 3.47. The molecule has 0 aliphatic carbocycles. The second-order valence-electron chi connectivity index (χ2n) is 9.13. The second kappa shape index (κ2) is 13.2. The highest BCUT2D eigenvalue weighted by molar-refractivity contribution is 7.91. The third kappa shape index (κ3) is 7.99. The molecule has 14 heteroatoms. The number of nitrogens with one attached hydrogen (secondary N) is 2. The van der Waals surface area contributed by atoms with E-state index in [0.717, 1.165) is 11.3 Å². The summed E-state index contributed by atoms with van der Waals surface area (Å²) in [5, 5.41) is 5.13. The van der Waals surface area contributed by atoms with Crippen molar-refractivity contribution in [3.8, 4) is 0 Å². The van der Waals surface area contributed by atoms with Crippen molar-refractivity contribution in [3.63, 3.8) is 0 Å². The number of aromatic nitrogens is 2. The van der Waals surface area contributed by atoms with Crippen molar-refractivity contribution in [2.75, 3.05) is 11.3 Å². The number of aliphatic imine (C=N–C) groups is 1. The number of guanidine groups is 1. The molecule has 0 spiro atoms. The third-order valence-electron chi connectivity index (χ3n) is 6.01. The van der Waals surface area contributed by atoms with Crippen LogP contribution in [-0.2, 0) is 27.1 Å². The van der Waals surface area contributed by atoms with Crippen LogP contribution in [0.4, 0.5) is 5.69 Å². The lowest BCUT2D eigenvalue weighted by molar-refractivity contribution is -0.122. The number of fused-ring (bicyclic) bond motifs is 1. The number of carbonyl (C=O) groups excluding carboxylic acids is 2. The number of ketones is 1. The van der Waals surface area contributed by atoms with Gasteiger partial charge in [-0.2, -0.15) is 0 Å². The van der Waals surface area contributed by atoms with Crippen molar-refractivity contribution in [1.29, 1.82) is 0 Å². The fourth-order valence-electron chi connectivity index (χ4n) is 4.20. The quantitative estimate of drug-likeness (QED) is 0.0778. The van der Waals surface area contributed by atoms with E-state index >= 15 is 0 Å². The van der Waals surface area contributed by atoms with E-state index in [-0.39, 0.29) is 41.2 Å². The normalized spacial score (nSPS) is 12.0. The van der Waals surface area contributed by atoms with Crippen LogP contribution in [0.2, 0.25) is 0 Å². The van der Waals surface area contributed by atoms with Crippen LogP contribution in [0, 0.1) is 0 Å². The molecule has 1 atom stereocenters. The smallest absolute Gasteiger partial charge is 0.275 e. The van der Waals surface area contributed by atoms with Crippen molar-refractivity contribution >= 4 is 55.6 Å². The number of benzene rings is 2. The summed E-state index contributed by atoms with van der Waals surface area (Å²) in [5.74, 6) is -1.40. The zero-order chi connectivity index (χ0) is 29.4. The van der Waals surface area contributed by atoms with E-state index < -0.39 is 34.1 Å². The number of Topliss-reactive ketones (excluding diaryl/α,β-unsaturated/α-hetero) is 1. The number of amides is 1. The lowest BCUT2D eigenvalue weighted by Gasteiger charge is -2.18. The number of sulfonamides is 1. The van der Waals surface area contributed by atoms with Crippen molar-refractivity contribution in [3.05, 3.63) is 93.2 Å². The second-order valence-corrected chi connectivity index (χ2v) is 11.7. The highest BCUT2D eigenvalue weighted by atomic mass is 32.2. The van der Waals surface area contributed by atoms with Crippen LogP contribution in [0.5, 0.6) is 0 Å². The van der Waals surface area contributed by atoms with Gasteiger partial charge in [0, 0.05) is 23.5 Å². The molecule has 12 nitrogen and oxygen atoms in total. The summed E-state index contributed by atoms with van der Waals surface area (Å²) in [6.45, 7) is -0.196. The Morgan fingerprint density at radius 2 is 1.80 bits per heavy atom. The predicted octanol–water partition coefficient (Wildman–Crippen LogP) is 1.82. The molecule has 0 radical (unpaired) electrons. The molecular weight excluding hydrogens is 566 g/mol. The molecule has 4 rings (SSSR count). The van der Waals surface area contributed by atoms with Crippen LogP contribution in [-0.4, -0.2) is 48.2 Å². The lowest BCUT2D eigenvalue weighted by Crippen LogP contribution is -2.43. The summed E-state index contributed by atoms with van der Waals surface area (Å²) in [4.78, 5) is 47.7. The average molecular weight is 596 g/mol. The zero-order valence-corrected chi connectivity index (χ0v) is 23.5. The molecule has 0 bridgehead atoms. The van der Waals surface area contributed by atoms with Crippen LogP contribution in [0.1, 0.15) is 28.2 Å². The molecule has 1 amide bonds. The van der Waals surface area contributed by atoms with Gasteiger partial charge < -0.3 is 16.8 Å². The fourth-order valence-corrected chi connectivity index (χ4v) is 6.02. The number of anilines is 1. The van der Waals surface area contributed by atoms with Crippen LogP contribution in [0.25, 0.3) is 10.9 Å². The van der Waals surface area contributed by atoms with E-state index in [1.807, 2.05) is 0 Å². The fraction of sp³-hybridized carbons (Fsp3) is 0.222. The maximum atomic E-state index is 13.5. The largest absolute Gasteiger partial charge is 0.370 e. The SMILES string of the molecule is NC(N)=NCCCC(NC(=O)Cn1c(=O)c(NS(=O)(=O)Cc2ccccc2)cc2ccccc21)C(=O)c1nccs1. The number of carbonyl (C=O) groups is 2. The van der Waals surface area contributed by atoms with Gasteiger partial charge in [-0.3, -0.25) is 28.7 Å². The Hall–Kier alpha value is -4.56. The molecule has 1 unspecified atom stereocenters. The third-order valence-corrected chi connectivity index (χ3v) is 8.04. The molecule has 214 valence electrons. The van der Waals surface area contributed by atoms with Gasteiger partial charge in [0.05, 0.1) is 17.3 Å². The van der Waals surface area contributed by atoms with E-state index in [9.17, 15) is 22.8 Å². The molecular formula is C27H29N7O5S2. The minimum atomic E-state index is -3.94. The Balaban J connectivity index is 1.59. The number of hydrogen-bond acceptors (Lipinski definition) is 8. The van der Waals surface area contributed by atoms with Gasteiger partial charge in [-0.25, -0.2) is 13.4 Å². The van der Waals surface area contributed by atoms with Gasteiger partial charge in [0.1, 0.15) is 12.2 Å². The topological polar surface area (TPSA) is 192 Å². The molecule has 6 N–H and O–H groups in total. The summed E-state index contributed by atoms with van der Waals surface area (Å²) in [7, 11) is -3.94. The summed E-state index contributed by atoms with van der Waals surface area (Å²) >= 11 is 1.15. The van der Waals surface area contributed by atoms with E-state index in [2.05, 4.69) is 20.0 Å². The monoisotopic (exact) mass is 595 g/mol. The van der Waals surface area contributed by atoms with Crippen molar-refractivity contribution < 1.29 is 18.0 Å². The molecule has 0 saturated heterocycles. The molecule has 0 aliphatic rings. The van der Waals surface area contributed by atoms with Gasteiger partial charge in [0.2, 0.25) is 21.7 Å². The first kappa shape index (κ1) is 29.4. The van der Waals surface area contributed by atoms with Crippen molar-refractivity contribution in [2.24, 2.45) is 16.5 Å². The van der Waals surface area contributed by atoms with E-state index in [1.54, 1.807) is 60.0 Å². The number of nitrogens with zero attached hydrogens (tertiary/aromatic N) is 3. The standard InChI is InChI=1S/C27H29N7O5S2/c28-27(29)31-12-6-10-20(24(36)25-30-13-14-40-25)32-23(35)16-34-22-11-5-4-9-19(22)15-21(26(34)37)33-41(38,39)17-18-7-2-1-3-8-18/h1-5,7-9,11,13-15,20,33H,6,10,12,16-17H2,(H,32,35)(H4,28,29,31). The first-order valence-electron chi connectivity index (χ1n) is 12.6. The molecule has 2 aromatic heterocycles. The van der Waals surface area contributed by atoms with Gasteiger partial charge in [-0.15, -0.1) is 11.3 Å². The molecule has 2 heterocycles. The van der Waals surface area contributed by atoms with Crippen LogP contribution in [0.15, 0.2) is 82.0 Å². The number of thiazole rings is 1. The minimum Gasteiger partial charge on any atom is -0.370 e. The van der Waals surface area contributed by atoms with Crippen molar-refractivity contribution in [2.45, 2.75) is 31.2 Å². The van der Waals surface area contributed by atoms with Crippen LogP contribution >= 0.6 is 11.3 Å². The molecule has 2 aromatic carbocycles. The van der Waals surface area contributed by atoms with E-state index in [4.69, 9.17) is 11.5 Å². The summed E-state index contributed by atoms with van der Waals surface area (Å²) in [5.41, 5.74) is 10.8. The number of pyridine rings is 1. The minimum absolute atomic E-state index is 0.0811. The number of hydrogen-bond donors (Lipinski definition) is 4. The van der Waals surface area contributed by atoms with Crippen LogP contribution in [0.3, 0.4) is 0 Å². The van der Waals surface area contributed by atoms with Gasteiger partial charge >= 0.3 is 0 Å². The molecule has 0 fully saturated rings. The first-order valence-corrected chi connectivity index (χ1v) is 15.1. The Kier molecular flexibility index (Phi) is 9.47. The highest BCUT2D eigenvalue weighted by Gasteiger charge is 2.25. The number of rotatable bonds is 13. The molecule has 41 heavy (non-hydrogen) atoms. The lowest BCUT2D eigenvalue weighted by atomic mass is 10.1. The molecule has 0 aliphatic heterocycles. The Morgan fingerprint density at radius 1 is 1.07 bits per heavy atom. The molecule has 4 aromatic rings. The zero-order valence-electron chi connectivity index (χ0n) is 21.9. The Labute approximate surface area is 240 Å². The number of nitrogens with two attached hydrogens (primary N) is 2. The summed E-state index contributed by atoms with van der Waals surface area (Å²) in [6, 6.07) is 15.9. The highest BCUT2D eigenvalue weighted by Crippen LogP contribution is 2.18. The van der Waals surface area contributed by atoms with E-state index in [0.29, 0.717) is 22.9 Å². The van der Waals surface area contributed by atoms with Crippen LogP contribution < -0.4 is 27.1 Å². The Morgan fingerprint density at radius 3 is 2.51 bits per heavy atom. The van der Waals surface area contributed by atoms with Gasteiger partial charge in [0.15, 0.2) is 11.0 Å². The van der Waals surface area contributed by atoms with Gasteiger partial charge in [-0.1, -0.05) is 48.5 Å². The van der Waals surface area contributed by atoms with E-state index in [1.165, 1.54) is 16.8 Å². The predicted molar refractivity (Wildman–Crippen MR) is 159 cm³/mol. The van der Waals surface area contributed by atoms with Gasteiger partial charge in [0.25, 0.3) is 5.56 Å². The number of para-hydroxylation sites is 1. The Bertz CT molecular complexity index is 1720. The maximum Gasteiger partial charge on any atom is 0.275 e. The first-order chi connectivity index (χ1) is 19.6. The van der Waals surface area contributed by atoms with Crippen molar-refractivity contribution in [1.82, 2.24) is 14.9 Å². The maximum absolute atomic E-state index is 13.5. The summed E-state index contributed by atoms with van der Waals surface area (Å²) < 4.78 is 29.3. The molecule has 0 saturated carbocycles. The summed E-state index contributed by atoms with van der Waals surface area (Å²) in [6.07, 6.45) is 2.13.